The number of rotatable bonds is 1. The van der Waals surface area contributed by atoms with Crippen LogP contribution in [0.4, 0.5) is 0 Å². The highest BCUT2D eigenvalue weighted by Crippen LogP contribution is 2.27. The van der Waals surface area contributed by atoms with E-state index < -0.39 is 0 Å². The largest absolute Gasteiger partial charge is 0.354 e. The summed E-state index contributed by atoms with van der Waals surface area (Å²) in [6.45, 7) is 5.99. The fourth-order valence-corrected chi connectivity index (χ4v) is 2.10. The molecule has 3 rings (SSSR count). The van der Waals surface area contributed by atoms with Gasteiger partial charge < -0.3 is 4.98 Å². The van der Waals surface area contributed by atoms with Gasteiger partial charge in [0.25, 0.3) is 0 Å². The Morgan fingerprint density at radius 1 is 1.06 bits per heavy atom. The second kappa shape index (κ2) is 3.24. The lowest BCUT2D eigenvalue weighted by Crippen LogP contribution is -1.76. The van der Waals surface area contributed by atoms with Crippen molar-refractivity contribution in [2.24, 2.45) is 0 Å². The highest BCUT2D eigenvalue weighted by atomic mass is 14.7. The Bertz CT molecular complexity index is 689. The quantitative estimate of drug-likeness (QED) is 0.610. The topological polar surface area (TPSA) is 15.8 Å². The lowest BCUT2D eigenvalue weighted by molar-refractivity contribution is 1.40. The number of fused-ring (bicyclic) bond motifs is 3. The van der Waals surface area contributed by atoms with Crippen molar-refractivity contribution in [3.05, 3.63) is 54.7 Å². The summed E-state index contributed by atoms with van der Waals surface area (Å²) < 4.78 is 0. The lowest BCUT2D eigenvalue weighted by Gasteiger charge is -1.98. The van der Waals surface area contributed by atoms with Crippen LogP contribution in [0.1, 0.15) is 12.6 Å². The zero-order valence-corrected chi connectivity index (χ0v) is 9.25. The van der Waals surface area contributed by atoms with Gasteiger partial charge in [-0.3, -0.25) is 0 Å². The minimum Gasteiger partial charge on any atom is -0.354 e. The molecular formula is C15H13N. The molecule has 1 aromatic heterocycles. The predicted molar refractivity (Wildman–Crippen MR) is 70.5 cm³/mol. The summed E-state index contributed by atoms with van der Waals surface area (Å²) in [4.78, 5) is 3.44. The van der Waals surface area contributed by atoms with Gasteiger partial charge in [0.2, 0.25) is 0 Å². The van der Waals surface area contributed by atoms with E-state index in [1.54, 1.807) is 0 Å². The molecule has 0 amide bonds. The number of hydrogen-bond acceptors (Lipinski definition) is 0. The van der Waals surface area contributed by atoms with Crippen LogP contribution in [0, 0.1) is 0 Å². The van der Waals surface area contributed by atoms with Gasteiger partial charge in [-0.05, 0) is 23.9 Å². The van der Waals surface area contributed by atoms with Crippen LogP contribution in [0.5, 0.6) is 0 Å². The third-order valence-corrected chi connectivity index (χ3v) is 2.98. The Kier molecular flexibility index (Phi) is 1.87. The molecule has 0 saturated carbocycles. The summed E-state index contributed by atoms with van der Waals surface area (Å²) >= 11 is 0. The maximum atomic E-state index is 3.97. The van der Waals surface area contributed by atoms with E-state index in [1.807, 2.05) is 6.92 Å². The van der Waals surface area contributed by atoms with Crippen LogP contribution < -0.4 is 0 Å². The molecule has 0 spiro atoms. The van der Waals surface area contributed by atoms with Gasteiger partial charge >= 0.3 is 0 Å². The Balaban J connectivity index is 2.46. The standard InChI is InChI=1S/C15H13N/c1-10(2)14-9-12-8-7-11-5-3-4-6-13(11)15(12)16-14/h3-9,16H,1H2,2H3. The van der Waals surface area contributed by atoms with E-state index in [0.29, 0.717) is 0 Å². The zero-order chi connectivity index (χ0) is 11.1. The lowest BCUT2D eigenvalue weighted by atomic mass is 10.1. The van der Waals surface area contributed by atoms with Crippen molar-refractivity contribution in [1.82, 2.24) is 4.98 Å². The number of nitrogens with one attached hydrogen (secondary N) is 1. The number of H-pyrrole nitrogens is 1. The molecule has 1 N–H and O–H groups in total. The number of aromatic amines is 1. The number of benzene rings is 2. The zero-order valence-electron chi connectivity index (χ0n) is 9.25. The average molecular weight is 207 g/mol. The van der Waals surface area contributed by atoms with Crippen molar-refractivity contribution in [2.75, 3.05) is 0 Å². The van der Waals surface area contributed by atoms with E-state index in [-0.39, 0.29) is 0 Å². The first-order valence-electron chi connectivity index (χ1n) is 5.42. The van der Waals surface area contributed by atoms with E-state index in [2.05, 4.69) is 54.0 Å². The van der Waals surface area contributed by atoms with Crippen molar-refractivity contribution in [3.8, 4) is 0 Å². The molecule has 0 saturated heterocycles. The second-order valence-electron chi connectivity index (χ2n) is 4.21. The summed E-state index contributed by atoms with van der Waals surface area (Å²) in [6.07, 6.45) is 0. The van der Waals surface area contributed by atoms with Crippen LogP contribution in [0.2, 0.25) is 0 Å². The van der Waals surface area contributed by atoms with Crippen molar-refractivity contribution < 1.29 is 0 Å². The molecular weight excluding hydrogens is 194 g/mol. The molecule has 16 heavy (non-hydrogen) atoms. The Labute approximate surface area is 94.4 Å². The van der Waals surface area contributed by atoms with E-state index >= 15 is 0 Å². The third kappa shape index (κ3) is 1.25. The average Bonchev–Trinajstić information content (AvgIpc) is 2.73. The Hall–Kier alpha value is -2.02. The maximum absolute atomic E-state index is 3.97. The molecule has 0 fully saturated rings. The van der Waals surface area contributed by atoms with Gasteiger partial charge in [0.1, 0.15) is 0 Å². The minimum absolute atomic E-state index is 1.07. The van der Waals surface area contributed by atoms with Crippen molar-refractivity contribution in [3.63, 3.8) is 0 Å². The highest BCUT2D eigenvalue weighted by molar-refractivity contribution is 6.06. The molecule has 2 aromatic carbocycles. The molecule has 78 valence electrons. The molecule has 0 radical (unpaired) electrons. The van der Waals surface area contributed by atoms with Crippen LogP contribution in [0.15, 0.2) is 49.0 Å². The second-order valence-corrected chi connectivity index (χ2v) is 4.21. The van der Waals surface area contributed by atoms with Gasteiger partial charge in [-0.25, -0.2) is 0 Å². The van der Waals surface area contributed by atoms with E-state index in [1.165, 1.54) is 21.7 Å². The van der Waals surface area contributed by atoms with Crippen LogP contribution in [-0.2, 0) is 0 Å². The van der Waals surface area contributed by atoms with Crippen LogP contribution >= 0.6 is 0 Å². The van der Waals surface area contributed by atoms with Gasteiger partial charge in [0.15, 0.2) is 0 Å². The normalized spacial score (nSPS) is 11.1. The Morgan fingerprint density at radius 3 is 2.62 bits per heavy atom. The van der Waals surface area contributed by atoms with Crippen LogP contribution in [0.25, 0.3) is 27.2 Å². The van der Waals surface area contributed by atoms with Crippen molar-refractivity contribution in [2.45, 2.75) is 6.92 Å². The van der Waals surface area contributed by atoms with E-state index in [0.717, 1.165) is 11.3 Å². The van der Waals surface area contributed by atoms with E-state index in [9.17, 15) is 0 Å². The highest BCUT2D eigenvalue weighted by Gasteiger charge is 2.04. The summed E-state index contributed by atoms with van der Waals surface area (Å²) in [6, 6.07) is 14.9. The molecule has 1 nitrogen and oxygen atoms in total. The number of hydrogen-bond donors (Lipinski definition) is 1. The predicted octanol–water partition coefficient (Wildman–Crippen LogP) is 4.35. The molecule has 0 unspecified atom stereocenters. The fourth-order valence-electron chi connectivity index (χ4n) is 2.10. The molecule has 1 heteroatoms. The first-order valence-corrected chi connectivity index (χ1v) is 5.42. The molecule has 0 aliphatic heterocycles. The molecule has 0 bridgehead atoms. The SMILES string of the molecule is C=C(C)c1cc2ccc3ccccc3c2[nH]1. The van der Waals surface area contributed by atoms with Gasteiger partial charge in [-0.2, -0.15) is 0 Å². The van der Waals surface area contributed by atoms with Crippen molar-refractivity contribution >= 4 is 27.2 Å². The molecule has 0 aliphatic rings. The van der Waals surface area contributed by atoms with Gasteiger partial charge in [-0.15, -0.1) is 0 Å². The molecule has 3 aromatic rings. The van der Waals surface area contributed by atoms with Gasteiger partial charge in [0, 0.05) is 16.5 Å². The smallest absolute Gasteiger partial charge is 0.0538 e. The Morgan fingerprint density at radius 2 is 1.81 bits per heavy atom. The fraction of sp³-hybridized carbons (Fsp3) is 0.0667. The first-order chi connectivity index (χ1) is 7.75. The van der Waals surface area contributed by atoms with Crippen LogP contribution in [-0.4, -0.2) is 4.98 Å². The molecule has 0 aliphatic carbocycles. The number of allylic oxidation sites excluding steroid dienone is 1. The first kappa shape index (κ1) is 9.22. The monoisotopic (exact) mass is 207 g/mol. The summed E-state index contributed by atoms with van der Waals surface area (Å²) in [5.41, 5.74) is 3.39. The third-order valence-electron chi connectivity index (χ3n) is 2.98. The van der Waals surface area contributed by atoms with Gasteiger partial charge in [-0.1, -0.05) is 43.0 Å². The maximum Gasteiger partial charge on any atom is 0.0538 e. The number of aromatic nitrogens is 1. The van der Waals surface area contributed by atoms with E-state index in [4.69, 9.17) is 0 Å². The summed E-state index contributed by atoms with van der Waals surface area (Å²) in [7, 11) is 0. The summed E-state index contributed by atoms with van der Waals surface area (Å²) in [5, 5.41) is 3.79. The molecule has 1 heterocycles. The molecule has 0 atom stereocenters. The van der Waals surface area contributed by atoms with Crippen molar-refractivity contribution in [1.29, 1.82) is 0 Å². The van der Waals surface area contributed by atoms with Gasteiger partial charge in [0.05, 0.1) is 5.52 Å². The minimum atomic E-state index is 1.07. The van der Waals surface area contributed by atoms with Crippen LogP contribution in [0.3, 0.4) is 0 Å². The summed E-state index contributed by atoms with van der Waals surface area (Å²) in [5.74, 6) is 0.